The second-order valence-electron chi connectivity index (χ2n) is 8.79. The normalized spacial score (nSPS) is 17.9. The molecular weight excluding hydrogens is 426 g/mol. The van der Waals surface area contributed by atoms with Crippen LogP contribution in [-0.2, 0) is 22.7 Å². The number of rotatable bonds is 4. The average molecular weight is 466 g/mol. The van der Waals surface area contributed by atoms with Gasteiger partial charge in [0.2, 0.25) is 0 Å². The molecule has 1 aromatic rings. The van der Waals surface area contributed by atoms with E-state index in [1.54, 1.807) is 0 Å². The first-order valence-electron chi connectivity index (χ1n) is 11.0. The number of carboxylic acid groups (broad SMARTS) is 2. The number of hydrogen-bond acceptors (Lipinski definition) is 6. The monoisotopic (exact) mass is 465 g/mol. The van der Waals surface area contributed by atoms with Crippen LogP contribution in [0.2, 0.25) is 0 Å². The van der Waals surface area contributed by atoms with Crippen LogP contribution in [0.5, 0.6) is 0 Å². The highest BCUT2D eigenvalue weighted by molar-refractivity contribution is 5.74. The minimum absolute atomic E-state index is 0.0683. The van der Waals surface area contributed by atoms with E-state index in [-0.39, 0.29) is 24.5 Å². The average Bonchev–Trinajstić information content (AvgIpc) is 2.78. The number of carbonyl (C=O) groups excluding carboxylic acids is 1. The van der Waals surface area contributed by atoms with Crippen molar-refractivity contribution in [1.82, 2.24) is 24.9 Å². The first-order valence-corrected chi connectivity index (χ1v) is 11.0. The van der Waals surface area contributed by atoms with Gasteiger partial charge in [-0.3, -0.25) is 14.5 Å². The molecule has 2 aliphatic rings. The van der Waals surface area contributed by atoms with Gasteiger partial charge >= 0.3 is 6.03 Å². The fraction of sp³-hybridized carbons (Fsp3) is 0.609. The number of benzene rings is 1. The highest BCUT2D eigenvalue weighted by Gasteiger charge is 2.42. The fourth-order valence-electron chi connectivity index (χ4n) is 4.23. The molecule has 3 rings (SSSR count). The second kappa shape index (κ2) is 14.5. The SMILES string of the molecule is CN(C)Cc1ccc(CNC(=O)N2CCN(C)C3(CCN(C)CC3)C2)cc1.O=CO.O=CO. The van der Waals surface area contributed by atoms with Crippen molar-refractivity contribution >= 4 is 19.0 Å². The van der Waals surface area contributed by atoms with Crippen LogP contribution in [0.3, 0.4) is 0 Å². The fourth-order valence-corrected chi connectivity index (χ4v) is 4.23. The Labute approximate surface area is 196 Å². The molecule has 10 nitrogen and oxygen atoms in total. The van der Waals surface area contributed by atoms with Crippen molar-refractivity contribution < 1.29 is 24.6 Å². The van der Waals surface area contributed by atoms with Crippen molar-refractivity contribution in [2.45, 2.75) is 31.5 Å². The number of amides is 2. The van der Waals surface area contributed by atoms with Gasteiger partial charge in [0.25, 0.3) is 12.9 Å². The molecule has 0 saturated carbocycles. The molecule has 2 aliphatic heterocycles. The number of likely N-dealkylation sites (tertiary alicyclic amines) is 1. The van der Waals surface area contributed by atoms with Crippen molar-refractivity contribution in [3.8, 4) is 0 Å². The van der Waals surface area contributed by atoms with E-state index in [1.807, 2.05) is 4.90 Å². The number of carbonyl (C=O) groups is 3. The van der Waals surface area contributed by atoms with Gasteiger partial charge in [0.05, 0.1) is 0 Å². The van der Waals surface area contributed by atoms with Crippen molar-refractivity contribution in [3.63, 3.8) is 0 Å². The second-order valence-corrected chi connectivity index (χ2v) is 8.79. The molecule has 3 N–H and O–H groups in total. The Bertz CT molecular complexity index is 714. The summed E-state index contributed by atoms with van der Waals surface area (Å²) in [4.78, 5) is 38.5. The smallest absolute Gasteiger partial charge is 0.317 e. The molecule has 0 bridgehead atoms. The molecule has 33 heavy (non-hydrogen) atoms. The molecule has 2 amide bonds. The molecule has 0 atom stereocenters. The van der Waals surface area contributed by atoms with E-state index < -0.39 is 0 Å². The van der Waals surface area contributed by atoms with Gasteiger partial charge < -0.3 is 30.2 Å². The van der Waals surface area contributed by atoms with Crippen molar-refractivity contribution in [2.24, 2.45) is 0 Å². The lowest BCUT2D eigenvalue weighted by Gasteiger charge is -2.52. The summed E-state index contributed by atoms with van der Waals surface area (Å²) in [6.45, 7) is 5.84. The Kier molecular flexibility index (Phi) is 12.4. The first-order chi connectivity index (χ1) is 15.7. The number of likely N-dealkylation sites (N-methyl/N-ethyl adjacent to an activating group) is 1. The van der Waals surface area contributed by atoms with Gasteiger partial charge in [0.15, 0.2) is 0 Å². The van der Waals surface area contributed by atoms with Crippen molar-refractivity contribution in [1.29, 1.82) is 0 Å². The molecule has 2 heterocycles. The zero-order valence-electron chi connectivity index (χ0n) is 20.2. The largest absolute Gasteiger partial charge is 0.483 e. The van der Waals surface area contributed by atoms with Crippen LogP contribution in [0.25, 0.3) is 0 Å². The molecule has 10 heteroatoms. The summed E-state index contributed by atoms with van der Waals surface area (Å²) in [6, 6.07) is 8.58. The summed E-state index contributed by atoms with van der Waals surface area (Å²) < 4.78 is 0. The van der Waals surface area contributed by atoms with Gasteiger partial charge in [-0.05, 0) is 65.2 Å². The minimum atomic E-state index is -0.250. The van der Waals surface area contributed by atoms with Crippen molar-refractivity contribution in [3.05, 3.63) is 35.4 Å². The number of urea groups is 1. The lowest BCUT2D eigenvalue weighted by atomic mass is 9.84. The summed E-state index contributed by atoms with van der Waals surface area (Å²) in [6.07, 6.45) is 2.27. The van der Waals surface area contributed by atoms with E-state index in [0.717, 1.165) is 57.7 Å². The van der Waals surface area contributed by atoms with Crippen LogP contribution >= 0.6 is 0 Å². The van der Waals surface area contributed by atoms with Gasteiger partial charge in [0, 0.05) is 38.3 Å². The zero-order valence-corrected chi connectivity index (χ0v) is 20.2. The maximum absolute atomic E-state index is 12.8. The molecular formula is C23H39N5O5. The maximum atomic E-state index is 12.8. The van der Waals surface area contributed by atoms with Crippen LogP contribution in [0.1, 0.15) is 24.0 Å². The summed E-state index contributed by atoms with van der Waals surface area (Å²) >= 11 is 0. The maximum Gasteiger partial charge on any atom is 0.317 e. The topological polar surface area (TPSA) is 117 Å². The molecule has 186 valence electrons. The predicted octanol–water partition coefficient (Wildman–Crippen LogP) is 1.07. The first kappa shape index (κ1) is 28.3. The minimum Gasteiger partial charge on any atom is -0.483 e. The molecule has 1 aromatic carbocycles. The summed E-state index contributed by atoms with van der Waals surface area (Å²) in [7, 11) is 8.54. The Morgan fingerprint density at radius 1 is 1.00 bits per heavy atom. The number of nitrogens with zero attached hydrogens (tertiary/aromatic N) is 4. The van der Waals surface area contributed by atoms with Crippen LogP contribution in [0, 0.1) is 0 Å². The van der Waals surface area contributed by atoms with E-state index in [1.165, 1.54) is 5.56 Å². The van der Waals surface area contributed by atoms with Gasteiger partial charge in [-0.15, -0.1) is 0 Å². The molecule has 2 saturated heterocycles. The zero-order chi connectivity index (χ0) is 24.9. The van der Waals surface area contributed by atoms with Crippen LogP contribution in [-0.4, -0.2) is 115 Å². The van der Waals surface area contributed by atoms with E-state index >= 15 is 0 Å². The highest BCUT2D eigenvalue weighted by Crippen LogP contribution is 2.31. The van der Waals surface area contributed by atoms with E-state index in [9.17, 15) is 4.79 Å². The summed E-state index contributed by atoms with van der Waals surface area (Å²) in [5.74, 6) is 0. The van der Waals surface area contributed by atoms with Crippen LogP contribution in [0.4, 0.5) is 4.79 Å². The molecule has 0 radical (unpaired) electrons. The number of nitrogens with one attached hydrogen (secondary N) is 1. The number of piperidine rings is 1. The molecule has 0 aliphatic carbocycles. The summed E-state index contributed by atoms with van der Waals surface area (Å²) in [5.41, 5.74) is 2.59. The van der Waals surface area contributed by atoms with Gasteiger partial charge in [-0.25, -0.2) is 4.79 Å². The van der Waals surface area contributed by atoms with E-state index in [2.05, 4.69) is 72.5 Å². The lowest BCUT2D eigenvalue weighted by Crippen LogP contribution is -2.65. The third-order valence-corrected chi connectivity index (χ3v) is 6.17. The molecule has 0 aromatic heterocycles. The standard InChI is InChI=1S/C21H35N5O.2CH2O2/c1-23(2)16-19-7-5-18(6-8-19)15-22-20(27)26-14-13-25(4)21(17-26)9-11-24(3)12-10-21;2*2-1-3/h5-8H,9-17H2,1-4H3,(H,22,27);2*1H,(H,2,3). The lowest BCUT2D eigenvalue weighted by molar-refractivity contribution is -0.123. The molecule has 1 spiro atoms. The third kappa shape index (κ3) is 9.37. The number of hydrogen-bond donors (Lipinski definition) is 3. The quantitative estimate of drug-likeness (QED) is 0.566. The Balaban J connectivity index is 0.000000819. The molecule has 2 fully saturated rings. The van der Waals surface area contributed by atoms with Gasteiger partial charge in [-0.2, -0.15) is 0 Å². The van der Waals surface area contributed by atoms with E-state index in [0.29, 0.717) is 6.54 Å². The Morgan fingerprint density at radius 2 is 1.52 bits per heavy atom. The summed E-state index contributed by atoms with van der Waals surface area (Å²) in [5, 5.41) is 16.9. The predicted molar refractivity (Wildman–Crippen MR) is 127 cm³/mol. The Hall–Kier alpha value is -2.69. The third-order valence-electron chi connectivity index (χ3n) is 6.17. The molecule has 0 unspecified atom stereocenters. The Morgan fingerprint density at radius 3 is 2.03 bits per heavy atom. The van der Waals surface area contributed by atoms with Gasteiger partial charge in [-0.1, -0.05) is 24.3 Å². The highest BCUT2D eigenvalue weighted by atomic mass is 16.3. The number of piperazine rings is 1. The van der Waals surface area contributed by atoms with E-state index in [4.69, 9.17) is 19.8 Å². The van der Waals surface area contributed by atoms with Crippen LogP contribution in [0.15, 0.2) is 24.3 Å². The van der Waals surface area contributed by atoms with Crippen LogP contribution < -0.4 is 5.32 Å². The van der Waals surface area contributed by atoms with Gasteiger partial charge in [0.1, 0.15) is 0 Å². The van der Waals surface area contributed by atoms with Crippen molar-refractivity contribution in [2.75, 3.05) is 60.9 Å².